The van der Waals surface area contributed by atoms with Gasteiger partial charge in [-0.15, -0.1) is 12.4 Å². The van der Waals surface area contributed by atoms with E-state index < -0.39 is 0 Å². The molecule has 0 atom stereocenters. The Morgan fingerprint density at radius 3 is 2.13 bits per heavy atom. The van der Waals surface area contributed by atoms with Crippen molar-refractivity contribution in [3.63, 3.8) is 0 Å². The number of anilines is 1. The zero-order valence-electron chi connectivity index (χ0n) is 17.7. The summed E-state index contributed by atoms with van der Waals surface area (Å²) in [4.78, 5) is 10.2. The van der Waals surface area contributed by atoms with Crippen molar-refractivity contribution in [2.24, 2.45) is 0 Å². The maximum Gasteiger partial charge on any atom is 0.200 e. The topological polar surface area (TPSA) is 83.8 Å². The van der Waals surface area contributed by atoms with E-state index in [1.807, 2.05) is 55.4 Å². The average Bonchev–Trinajstić information content (AvgIpc) is 3.44. The van der Waals surface area contributed by atoms with Crippen molar-refractivity contribution < 1.29 is 19.0 Å². The lowest BCUT2D eigenvalue weighted by molar-refractivity contribution is 0.340. The molecule has 4 aromatic rings. The Hall–Kier alpha value is -3.58. The van der Waals surface area contributed by atoms with Gasteiger partial charge in [0.05, 0.1) is 20.5 Å². The first-order chi connectivity index (χ1) is 14.5. The number of halogens is 1. The van der Waals surface area contributed by atoms with Gasteiger partial charge in [-0.05, 0) is 36.4 Å². The molecule has 2 aromatic heterocycles. The first-order valence-electron chi connectivity index (χ1n) is 9.38. The number of nitrogens with zero attached hydrogens (tertiary/aromatic N) is 2. The summed E-state index contributed by atoms with van der Waals surface area (Å²) in [5.74, 6) is 1.83. The van der Waals surface area contributed by atoms with Gasteiger partial charge in [0.2, 0.25) is 5.75 Å². The number of hydrogen-bond donors (Lipinski definition) is 2. The van der Waals surface area contributed by atoms with E-state index in [1.165, 1.54) is 14.2 Å². The quantitative estimate of drug-likeness (QED) is 0.427. The van der Waals surface area contributed by atoms with E-state index in [0.29, 0.717) is 28.6 Å². The van der Waals surface area contributed by atoms with Gasteiger partial charge in [0.1, 0.15) is 17.2 Å². The van der Waals surface area contributed by atoms with Gasteiger partial charge in [0, 0.05) is 30.9 Å². The number of phenols is 1. The Labute approximate surface area is 186 Å². The summed E-state index contributed by atoms with van der Waals surface area (Å²) in [6.07, 6.45) is 1.63. The molecule has 0 unspecified atom stereocenters. The number of phenolic OH excluding ortho intramolecular Hbond substituents is 1. The smallest absolute Gasteiger partial charge is 0.200 e. The van der Waals surface area contributed by atoms with E-state index in [-0.39, 0.29) is 18.2 Å². The largest absolute Gasteiger partial charge is 0.502 e. The predicted molar refractivity (Wildman–Crippen MR) is 124 cm³/mol. The summed E-state index contributed by atoms with van der Waals surface area (Å²) in [6.45, 7) is 0. The van der Waals surface area contributed by atoms with Crippen LogP contribution in [0.5, 0.6) is 17.2 Å². The van der Waals surface area contributed by atoms with Crippen molar-refractivity contribution in [3.8, 4) is 51.3 Å². The fourth-order valence-corrected chi connectivity index (χ4v) is 3.27. The number of ether oxygens (including phenoxy) is 2. The Bertz CT molecular complexity index is 1130. The molecule has 7 nitrogen and oxygen atoms in total. The highest BCUT2D eigenvalue weighted by Crippen LogP contribution is 2.41. The van der Waals surface area contributed by atoms with Gasteiger partial charge in [-0.3, -0.25) is 0 Å². The number of H-pyrrole nitrogens is 1. The zero-order valence-corrected chi connectivity index (χ0v) is 18.5. The standard InChI is InChI=1S/C23H23N3O4.ClH/c1-26(2)16-9-7-14(8-10-16)20-21(17-6-5-11-30-17)25-23(24-20)15-12-18(28-3)22(27)19(13-15)29-4;/h5-13,27H,1-4H3,(H,24,25);1H. The Kier molecular flexibility index (Phi) is 6.46. The highest BCUT2D eigenvalue weighted by Gasteiger charge is 2.20. The minimum absolute atomic E-state index is 0. The van der Waals surface area contributed by atoms with Crippen molar-refractivity contribution in [2.75, 3.05) is 33.2 Å². The second-order valence-electron chi connectivity index (χ2n) is 6.96. The molecule has 0 saturated heterocycles. The highest BCUT2D eigenvalue weighted by atomic mass is 35.5. The number of aromatic amines is 1. The third-order valence-electron chi connectivity index (χ3n) is 4.88. The Balaban J connectivity index is 0.00000272. The maximum absolute atomic E-state index is 10.2. The van der Waals surface area contributed by atoms with Crippen LogP contribution < -0.4 is 14.4 Å². The Morgan fingerprint density at radius 1 is 0.968 bits per heavy atom. The summed E-state index contributed by atoms with van der Waals surface area (Å²) in [7, 11) is 6.99. The molecule has 0 aliphatic heterocycles. The molecule has 0 bridgehead atoms. The second kappa shape index (κ2) is 9.06. The van der Waals surface area contributed by atoms with Crippen LogP contribution in [0.2, 0.25) is 0 Å². The number of methoxy groups -OCH3 is 2. The number of nitrogens with one attached hydrogen (secondary N) is 1. The Morgan fingerprint density at radius 2 is 1.61 bits per heavy atom. The van der Waals surface area contributed by atoms with E-state index in [0.717, 1.165) is 22.6 Å². The van der Waals surface area contributed by atoms with E-state index in [4.69, 9.17) is 18.9 Å². The number of aromatic hydroxyl groups is 1. The molecular formula is C23H24ClN3O4. The molecule has 0 aliphatic rings. The van der Waals surface area contributed by atoms with E-state index >= 15 is 0 Å². The molecule has 0 radical (unpaired) electrons. The van der Waals surface area contributed by atoms with Gasteiger partial charge in [-0.2, -0.15) is 0 Å². The molecule has 31 heavy (non-hydrogen) atoms. The van der Waals surface area contributed by atoms with E-state index in [1.54, 1.807) is 18.4 Å². The van der Waals surface area contributed by atoms with Crippen LogP contribution in [-0.2, 0) is 0 Å². The van der Waals surface area contributed by atoms with Crippen LogP contribution in [0.1, 0.15) is 0 Å². The molecular weight excluding hydrogens is 418 g/mol. The van der Waals surface area contributed by atoms with Crippen molar-refractivity contribution in [3.05, 3.63) is 54.8 Å². The number of rotatable bonds is 6. The van der Waals surface area contributed by atoms with Crippen LogP contribution in [-0.4, -0.2) is 43.4 Å². The summed E-state index contributed by atoms with van der Waals surface area (Å²) >= 11 is 0. The third-order valence-corrected chi connectivity index (χ3v) is 4.88. The van der Waals surface area contributed by atoms with Gasteiger partial charge in [0.15, 0.2) is 17.3 Å². The number of aromatic nitrogens is 2. The lowest BCUT2D eigenvalue weighted by Crippen LogP contribution is -2.07. The van der Waals surface area contributed by atoms with Gasteiger partial charge < -0.3 is 28.9 Å². The number of imidazole rings is 1. The normalized spacial score (nSPS) is 10.5. The molecule has 2 N–H and O–H groups in total. The van der Waals surface area contributed by atoms with Crippen LogP contribution in [0.4, 0.5) is 5.69 Å². The van der Waals surface area contributed by atoms with E-state index in [2.05, 4.69) is 4.98 Å². The molecule has 0 saturated carbocycles. The summed E-state index contributed by atoms with van der Waals surface area (Å²) in [5.41, 5.74) is 4.29. The molecule has 4 rings (SSSR count). The fraction of sp³-hybridized carbons (Fsp3) is 0.174. The molecule has 0 spiro atoms. The van der Waals surface area contributed by atoms with Crippen molar-refractivity contribution >= 4 is 18.1 Å². The summed E-state index contributed by atoms with van der Waals surface area (Å²) in [6, 6.07) is 15.3. The molecule has 8 heteroatoms. The number of hydrogen-bond acceptors (Lipinski definition) is 6. The zero-order chi connectivity index (χ0) is 21.3. The summed E-state index contributed by atoms with van der Waals surface area (Å²) < 4.78 is 16.2. The van der Waals surface area contributed by atoms with Crippen molar-refractivity contribution in [1.29, 1.82) is 0 Å². The van der Waals surface area contributed by atoms with Crippen LogP contribution in [0.15, 0.2) is 59.2 Å². The number of benzene rings is 2. The van der Waals surface area contributed by atoms with Gasteiger partial charge >= 0.3 is 0 Å². The average molecular weight is 442 g/mol. The lowest BCUT2D eigenvalue weighted by atomic mass is 10.1. The van der Waals surface area contributed by atoms with Crippen molar-refractivity contribution in [1.82, 2.24) is 9.97 Å². The first kappa shape index (κ1) is 22.1. The first-order valence-corrected chi connectivity index (χ1v) is 9.38. The molecule has 2 aromatic carbocycles. The molecule has 0 fully saturated rings. The molecule has 2 heterocycles. The lowest BCUT2D eigenvalue weighted by Gasteiger charge is -2.12. The molecule has 0 amide bonds. The molecule has 0 aliphatic carbocycles. The van der Waals surface area contributed by atoms with Crippen LogP contribution >= 0.6 is 12.4 Å². The number of furan rings is 1. The highest BCUT2D eigenvalue weighted by molar-refractivity contribution is 5.85. The summed E-state index contributed by atoms with van der Waals surface area (Å²) in [5, 5.41) is 10.2. The van der Waals surface area contributed by atoms with Crippen LogP contribution in [0, 0.1) is 0 Å². The van der Waals surface area contributed by atoms with Crippen LogP contribution in [0.3, 0.4) is 0 Å². The van der Waals surface area contributed by atoms with Gasteiger partial charge in [-0.25, -0.2) is 4.98 Å². The monoisotopic (exact) mass is 441 g/mol. The van der Waals surface area contributed by atoms with Crippen LogP contribution in [0.25, 0.3) is 34.1 Å². The minimum atomic E-state index is -0.0546. The SMILES string of the molecule is COc1cc(-c2nc(-c3ccc(N(C)C)cc3)c(-c3ccco3)[nH]2)cc(OC)c1O.Cl. The fourth-order valence-electron chi connectivity index (χ4n) is 3.27. The third kappa shape index (κ3) is 4.18. The van der Waals surface area contributed by atoms with Gasteiger partial charge in [0.25, 0.3) is 0 Å². The van der Waals surface area contributed by atoms with Gasteiger partial charge in [-0.1, -0.05) is 12.1 Å². The van der Waals surface area contributed by atoms with E-state index in [9.17, 15) is 5.11 Å². The molecule has 162 valence electrons. The predicted octanol–water partition coefficient (Wildman–Crippen LogP) is 5.21. The maximum atomic E-state index is 10.2. The minimum Gasteiger partial charge on any atom is -0.502 e. The second-order valence-corrected chi connectivity index (χ2v) is 6.96. The van der Waals surface area contributed by atoms with Crippen molar-refractivity contribution in [2.45, 2.75) is 0 Å².